The fourth-order valence-electron chi connectivity index (χ4n) is 2.67. The first-order chi connectivity index (χ1) is 11.0. The van der Waals surface area contributed by atoms with Crippen LogP contribution in [0.25, 0.3) is 5.69 Å². The van der Waals surface area contributed by atoms with E-state index in [-0.39, 0.29) is 29.7 Å². The quantitative estimate of drug-likeness (QED) is 0.936. The van der Waals surface area contributed by atoms with Crippen LogP contribution in [-0.4, -0.2) is 39.4 Å². The number of aromatic nitrogens is 3. The Kier molecular flexibility index (Phi) is 4.38. The summed E-state index contributed by atoms with van der Waals surface area (Å²) in [5.74, 6) is -0.00460. The second-order valence-electron chi connectivity index (χ2n) is 5.68. The van der Waals surface area contributed by atoms with E-state index in [1.807, 2.05) is 6.92 Å². The zero-order chi connectivity index (χ0) is 16.4. The number of amides is 1. The summed E-state index contributed by atoms with van der Waals surface area (Å²) >= 11 is 0. The normalized spacial score (nSPS) is 18.8. The first-order valence-electron chi connectivity index (χ1n) is 7.66. The summed E-state index contributed by atoms with van der Waals surface area (Å²) in [7, 11) is 0. The van der Waals surface area contributed by atoms with Crippen molar-refractivity contribution in [1.29, 1.82) is 0 Å². The fourth-order valence-corrected chi connectivity index (χ4v) is 2.67. The van der Waals surface area contributed by atoms with Gasteiger partial charge in [-0.2, -0.15) is 0 Å². The van der Waals surface area contributed by atoms with E-state index >= 15 is 0 Å². The van der Waals surface area contributed by atoms with Crippen molar-refractivity contribution < 1.29 is 13.9 Å². The first-order valence-corrected chi connectivity index (χ1v) is 7.66. The van der Waals surface area contributed by atoms with E-state index in [2.05, 4.69) is 15.4 Å². The lowest BCUT2D eigenvalue weighted by atomic mass is 10.1. The Bertz CT molecular complexity index is 693. The highest BCUT2D eigenvalue weighted by atomic mass is 19.1. The maximum absolute atomic E-state index is 13.0. The molecule has 122 valence electrons. The molecule has 0 spiro atoms. The molecule has 23 heavy (non-hydrogen) atoms. The molecule has 0 radical (unpaired) electrons. The molecule has 2 atom stereocenters. The van der Waals surface area contributed by atoms with Gasteiger partial charge >= 0.3 is 0 Å². The predicted molar refractivity (Wildman–Crippen MR) is 82.0 cm³/mol. The number of ether oxygens (including phenoxy) is 1. The summed E-state index contributed by atoms with van der Waals surface area (Å²) in [5, 5.41) is 7.10. The number of hydrogen-bond donors (Lipinski definition) is 1. The number of rotatable bonds is 4. The van der Waals surface area contributed by atoms with E-state index in [1.165, 1.54) is 16.8 Å². The Morgan fingerprint density at radius 1 is 1.43 bits per heavy atom. The molecule has 0 aliphatic carbocycles. The molecule has 6 nitrogen and oxygen atoms in total. The molecular formula is C16H19FN4O2. The number of aryl methyl sites for hydroxylation is 1. The van der Waals surface area contributed by atoms with Gasteiger partial charge in [-0.3, -0.25) is 4.79 Å². The molecule has 1 N–H and O–H groups in total. The molecular weight excluding hydrogens is 299 g/mol. The third-order valence-electron chi connectivity index (χ3n) is 3.92. The zero-order valence-electron chi connectivity index (χ0n) is 13.1. The zero-order valence-corrected chi connectivity index (χ0v) is 13.1. The minimum atomic E-state index is -0.336. The van der Waals surface area contributed by atoms with Gasteiger partial charge in [0.2, 0.25) is 5.82 Å². The molecule has 1 aromatic heterocycles. The van der Waals surface area contributed by atoms with Crippen molar-refractivity contribution in [2.75, 3.05) is 6.61 Å². The Morgan fingerprint density at radius 3 is 2.83 bits per heavy atom. The molecule has 3 rings (SSSR count). The number of halogens is 1. The van der Waals surface area contributed by atoms with Crippen LogP contribution < -0.4 is 5.32 Å². The minimum absolute atomic E-state index is 0.0410. The number of carbonyl (C=O) groups excluding carboxylic acids is 1. The average molecular weight is 318 g/mol. The molecule has 0 unspecified atom stereocenters. The maximum atomic E-state index is 13.0. The van der Waals surface area contributed by atoms with Crippen molar-refractivity contribution in [3.05, 3.63) is 41.7 Å². The van der Waals surface area contributed by atoms with Gasteiger partial charge in [0.15, 0.2) is 0 Å². The highest BCUT2D eigenvalue weighted by Gasteiger charge is 2.25. The van der Waals surface area contributed by atoms with Gasteiger partial charge in [0.1, 0.15) is 11.6 Å². The van der Waals surface area contributed by atoms with Gasteiger partial charge in [0, 0.05) is 6.61 Å². The number of nitrogens with zero attached hydrogens (tertiary/aromatic N) is 3. The Hall–Kier alpha value is -2.28. The number of benzene rings is 1. The monoisotopic (exact) mass is 318 g/mol. The van der Waals surface area contributed by atoms with E-state index in [0.29, 0.717) is 11.5 Å². The van der Waals surface area contributed by atoms with Crippen LogP contribution in [0.2, 0.25) is 0 Å². The first kappa shape index (κ1) is 15.6. The minimum Gasteiger partial charge on any atom is -0.376 e. The van der Waals surface area contributed by atoms with Crippen LogP contribution >= 0.6 is 0 Å². The van der Waals surface area contributed by atoms with E-state index in [4.69, 9.17) is 4.74 Å². The molecule has 2 aromatic rings. The van der Waals surface area contributed by atoms with Crippen molar-refractivity contribution in [2.24, 2.45) is 0 Å². The molecule has 1 amide bonds. The standard InChI is InChI=1S/C16H19FN4O2/c1-10(14-4-3-9-23-14)18-16(22)15-19-11(2)21(20-15)13-7-5-12(17)6-8-13/h5-8,10,14H,3-4,9H2,1-2H3,(H,18,22)/t10-,14+/m0/s1. The van der Waals surface area contributed by atoms with Crippen LogP contribution in [0.3, 0.4) is 0 Å². The molecule has 1 aliphatic heterocycles. The van der Waals surface area contributed by atoms with Crippen molar-refractivity contribution in [2.45, 2.75) is 38.8 Å². The lowest BCUT2D eigenvalue weighted by Crippen LogP contribution is -2.41. The van der Waals surface area contributed by atoms with Crippen LogP contribution in [0, 0.1) is 12.7 Å². The SMILES string of the molecule is Cc1nc(C(=O)N[C@@H](C)[C@H]2CCCO2)nn1-c1ccc(F)cc1. The van der Waals surface area contributed by atoms with E-state index in [9.17, 15) is 9.18 Å². The van der Waals surface area contributed by atoms with Crippen LogP contribution in [0.15, 0.2) is 24.3 Å². The summed E-state index contributed by atoms with van der Waals surface area (Å²) in [6.07, 6.45) is 2.00. The third-order valence-corrected chi connectivity index (χ3v) is 3.92. The average Bonchev–Trinajstić information content (AvgIpc) is 3.17. The van der Waals surface area contributed by atoms with Gasteiger partial charge in [0.25, 0.3) is 5.91 Å². The van der Waals surface area contributed by atoms with Gasteiger partial charge < -0.3 is 10.1 Å². The van der Waals surface area contributed by atoms with Gasteiger partial charge in [0.05, 0.1) is 17.8 Å². The van der Waals surface area contributed by atoms with Gasteiger partial charge in [-0.15, -0.1) is 5.10 Å². The van der Waals surface area contributed by atoms with E-state index in [1.54, 1.807) is 19.1 Å². The van der Waals surface area contributed by atoms with Crippen molar-refractivity contribution in [1.82, 2.24) is 20.1 Å². The van der Waals surface area contributed by atoms with Crippen LogP contribution in [0.5, 0.6) is 0 Å². The van der Waals surface area contributed by atoms with Crippen LogP contribution in [0.1, 0.15) is 36.2 Å². The Balaban J connectivity index is 1.74. The molecule has 7 heteroatoms. The summed E-state index contributed by atoms with van der Waals surface area (Å²) in [6, 6.07) is 5.77. The van der Waals surface area contributed by atoms with Crippen molar-refractivity contribution in [3.8, 4) is 5.69 Å². The molecule has 1 aromatic carbocycles. The second-order valence-corrected chi connectivity index (χ2v) is 5.68. The molecule has 0 bridgehead atoms. The number of hydrogen-bond acceptors (Lipinski definition) is 4. The highest BCUT2D eigenvalue weighted by molar-refractivity contribution is 5.90. The Morgan fingerprint density at radius 2 is 2.17 bits per heavy atom. The van der Waals surface area contributed by atoms with Gasteiger partial charge in [-0.25, -0.2) is 14.1 Å². The summed E-state index contributed by atoms with van der Waals surface area (Å²) in [4.78, 5) is 16.5. The van der Waals surface area contributed by atoms with Crippen LogP contribution in [0.4, 0.5) is 4.39 Å². The largest absolute Gasteiger partial charge is 0.376 e. The summed E-state index contributed by atoms with van der Waals surface area (Å²) < 4.78 is 20.1. The molecule has 1 fully saturated rings. The molecule has 1 saturated heterocycles. The van der Waals surface area contributed by atoms with E-state index in [0.717, 1.165) is 19.4 Å². The molecule has 1 aliphatic rings. The van der Waals surface area contributed by atoms with Crippen molar-refractivity contribution in [3.63, 3.8) is 0 Å². The summed E-state index contributed by atoms with van der Waals surface area (Å²) in [6.45, 7) is 4.40. The highest BCUT2D eigenvalue weighted by Crippen LogP contribution is 2.16. The second kappa shape index (κ2) is 6.45. The molecule has 0 saturated carbocycles. The van der Waals surface area contributed by atoms with E-state index < -0.39 is 0 Å². The molecule has 2 heterocycles. The maximum Gasteiger partial charge on any atom is 0.291 e. The number of nitrogens with one attached hydrogen (secondary N) is 1. The fraction of sp³-hybridized carbons (Fsp3) is 0.438. The predicted octanol–water partition coefficient (Wildman–Crippen LogP) is 2.01. The lowest BCUT2D eigenvalue weighted by Gasteiger charge is -2.18. The lowest BCUT2D eigenvalue weighted by molar-refractivity contribution is 0.0706. The van der Waals surface area contributed by atoms with Crippen LogP contribution in [-0.2, 0) is 4.74 Å². The topological polar surface area (TPSA) is 69.0 Å². The third kappa shape index (κ3) is 3.39. The Labute approximate surface area is 133 Å². The summed E-state index contributed by atoms with van der Waals surface area (Å²) in [5.41, 5.74) is 0.655. The van der Waals surface area contributed by atoms with Crippen molar-refractivity contribution >= 4 is 5.91 Å². The number of carbonyl (C=O) groups is 1. The smallest absolute Gasteiger partial charge is 0.291 e. The van der Waals surface area contributed by atoms with Gasteiger partial charge in [-0.1, -0.05) is 0 Å². The van der Waals surface area contributed by atoms with Gasteiger partial charge in [-0.05, 0) is 51.0 Å².